The van der Waals surface area contributed by atoms with Crippen molar-refractivity contribution in [1.29, 1.82) is 0 Å². The lowest BCUT2D eigenvalue weighted by Gasteiger charge is -2.05. The molecule has 3 heteroatoms. The van der Waals surface area contributed by atoms with E-state index in [0.29, 0.717) is 5.76 Å². The minimum Gasteiger partial charge on any atom is -0.461 e. The quantitative estimate of drug-likeness (QED) is 0.689. The van der Waals surface area contributed by atoms with Crippen molar-refractivity contribution < 1.29 is 13.9 Å². The SMILES string of the molecule is c1coc(C2Oc3ccccc3O2)c1. The van der Waals surface area contributed by atoms with Crippen LogP contribution in [-0.4, -0.2) is 0 Å². The fraction of sp³-hybridized carbons (Fsp3) is 0.0909. The van der Waals surface area contributed by atoms with Gasteiger partial charge in [0.25, 0.3) is 6.29 Å². The maximum Gasteiger partial charge on any atom is 0.300 e. The molecule has 0 fully saturated rings. The lowest BCUT2D eigenvalue weighted by Crippen LogP contribution is -2.06. The highest BCUT2D eigenvalue weighted by Crippen LogP contribution is 2.39. The average Bonchev–Trinajstić information content (AvgIpc) is 2.86. The number of benzene rings is 1. The summed E-state index contributed by atoms with van der Waals surface area (Å²) < 4.78 is 16.3. The average molecular weight is 188 g/mol. The van der Waals surface area contributed by atoms with Gasteiger partial charge in [-0.25, -0.2) is 0 Å². The van der Waals surface area contributed by atoms with Gasteiger partial charge in [0.1, 0.15) is 0 Å². The Morgan fingerprint density at radius 1 is 0.857 bits per heavy atom. The third-order valence-electron chi connectivity index (χ3n) is 2.09. The lowest BCUT2D eigenvalue weighted by atomic mass is 10.3. The van der Waals surface area contributed by atoms with Crippen LogP contribution >= 0.6 is 0 Å². The molecule has 1 aromatic carbocycles. The van der Waals surface area contributed by atoms with Crippen molar-refractivity contribution in [2.24, 2.45) is 0 Å². The molecular formula is C11H8O3. The van der Waals surface area contributed by atoms with E-state index in [4.69, 9.17) is 13.9 Å². The molecule has 70 valence electrons. The summed E-state index contributed by atoms with van der Waals surface area (Å²) in [5.41, 5.74) is 0. The van der Waals surface area contributed by atoms with Gasteiger partial charge in [0.2, 0.25) is 0 Å². The maximum absolute atomic E-state index is 5.54. The molecule has 2 aromatic rings. The number of hydrogen-bond acceptors (Lipinski definition) is 3. The molecule has 0 aliphatic carbocycles. The second-order valence-corrected chi connectivity index (χ2v) is 3.03. The summed E-state index contributed by atoms with van der Waals surface area (Å²) >= 11 is 0. The number of fused-ring (bicyclic) bond motifs is 1. The van der Waals surface area contributed by atoms with Gasteiger partial charge in [-0.1, -0.05) is 12.1 Å². The van der Waals surface area contributed by atoms with E-state index >= 15 is 0 Å². The Hall–Kier alpha value is -1.90. The molecule has 0 saturated carbocycles. The molecule has 2 heterocycles. The van der Waals surface area contributed by atoms with Crippen molar-refractivity contribution in [2.45, 2.75) is 6.29 Å². The largest absolute Gasteiger partial charge is 0.461 e. The number of hydrogen-bond donors (Lipinski definition) is 0. The fourth-order valence-corrected chi connectivity index (χ4v) is 1.44. The van der Waals surface area contributed by atoms with Gasteiger partial charge in [-0.3, -0.25) is 0 Å². The van der Waals surface area contributed by atoms with Crippen LogP contribution in [-0.2, 0) is 0 Å². The Kier molecular flexibility index (Phi) is 1.50. The molecule has 3 rings (SSSR count). The zero-order valence-corrected chi connectivity index (χ0v) is 7.34. The molecule has 14 heavy (non-hydrogen) atoms. The minimum absolute atomic E-state index is 0.442. The second kappa shape index (κ2) is 2.80. The van der Waals surface area contributed by atoms with E-state index in [1.165, 1.54) is 0 Å². The maximum atomic E-state index is 5.54. The van der Waals surface area contributed by atoms with Gasteiger partial charge in [-0.05, 0) is 24.3 Å². The van der Waals surface area contributed by atoms with E-state index in [1.54, 1.807) is 6.26 Å². The van der Waals surface area contributed by atoms with Crippen LogP contribution in [0.1, 0.15) is 12.1 Å². The van der Waals surface area contributed by atoms with Crippen molar-refractivity contribution in [2.75, 3.05) is 0 Å². The van der Waals surface area contributed by atoms with Gasteiger partial charge in [-0.15, -0.1) is 0 Å². The molecule has 0 N–H and O–H groups in total. The predicted molar refractivity (Wildman–Crippen MR) is 49.1 cm³/mol. The van der Waals surface area contributed by atoms with Crippen molar-refractivity contribution in [3.05, 3.63) is 48.4 Å². The Bertz CT molecular complexity index is 409. The minimum atomic E-state index is -0.442. The van der Waals surface area contributed by atoms with E-state index < -0.39 is 6.29 Å². The molecule has 0 bridgehead atoms. The monoisotopic (exact) mass is 188 g/mol. The first-order valence-corrected chi connectivity index (χ1v) is 4.39. The molecule has 1 aliphatic heterocycles. The summed E-state index contributed by atoms with van der Waals surface area (Å²) in [4.78, 5) is 0. The topological polar surface area (TPSA) is 31.6 Å². The highest BCUT2D eigenvalue weighted by molar-refractivity contribution is 5.42. The van der Waals surface area contributed by atoms with Gasteiger partial charge in [-0.2, -0.15) is 0 Å². The van der Waals surface area contributed by atoms with E-state index in [-0.39, 0.29) is 0 Å². The Labute approximate surface area is 80.9 Å². The fourth-order valence-electron chi connectivity index (χ4n) is 1.44. The molecule has 1 aromatic heterocycles. The molecular weight excluding hydrogens is 180 g/mol. The number of furan rings is 1. The van der Waals surface area contributed by atoms with Crippen molar-refractivity contribution in [1.82, 2.24) is 0 Å². The molecule has 0 spiro atoms. The van der Waals surface area contributed by atoms with Crippen molar-refractivity contribution in [3.8, 4) is 11.5 Å². The third-order valence-corrected chi connectivity index (χ3v) is 2.09. The highest BCUT2D eigenvalue weighted by atomic mass is 16.7. The van der Waals surface area contributed by atoms with Crippen LogP contribution in [0, 0.1) is 0 Å². The van der Waals surface area contributed by atoms with Crippen LogP contribution in [0.3, 0.4) is 0 Å². The summed E-state index contributed by atoms with van der Waals surface area (Å²) in [6, 6.07) is 11.2. The molecule has 3 nitrogen and oxygen atoms in total. The summed E-state index contributed by atoms with van der Waals surface area (Å²) in [6.45, 7) is 0. The second-order valence-electron chi connectivity index (χ2n) is 3.03. The Morgan fingerprint density at radius 2 is 1.57 bits per heavy atom. The smallest absolute Gasteiger partial charge is 0.300 e. The summed E-state index contributed by atoms with van der Waals surface area (Å²) in [5.74, 6) is 2.20. The van der Waals surface area contributed by atoms with Gasteiger partial charge in [0.15, 0.2) is 17.3 Å². The van der Waals surface area contributed by atoms with E-state index in [9.17, 15) is 0 Å². The van der Waals surface area contributed by atoms with E-state index in [1.807, 2.05) is 36.4 Å². The summed E-state index contributed by atoms with van der Waals surface area (Å²) in [7, 11) is 0. The summed E-state index contributed by atoms with van der Waals surface area (Å²) in [6.07, 6.45) is 1.16. The third kappa shape index (κ3) is 1.06. The van der Waals surface area contributed by atoms with Gasteiger partial charge in [0, 0.05) is 0 Å². The molecule has 0 atom stereocenters. The predicted octanol–water partition coefficient (Wildman–Crippen LogP) is 2.75. The lowest BCUT2D eigenvalue weighted by molar-refractivity contribution is 0.0287. The molecule has 0 unspecified atom stereocenters. The zero-order chi connectivity index (χ0) is 9.38. The highest BCUT2D eigenvalue weighted by Gasteiger charge is 2.26. The van der Waals surface area contributed by atoms with Crippen molar-refractivity contribution in [3.63, 3.8) is 0 Å². The van der Waals surface area contributed by atoms with Gasteiger partial charge < -0.3 is 13.9 Å². The zero-order valence-electron chi connectivity index (χ0n) is 7.34. The molecule has 0 amide bonds. The normalized spacial score (nSPS) is 14.6. The first kappa shape index (κ1) is 7.50. The van der Waals surface area contributed by atoms with Crippen LogP contribution in [0.2, 0.25) is 0 Å². The van der Waals surface area contributed by atoms with Crippen LogP contribution in [0.4, 0.5) is 0 Å². The number of rotatable bonds is 1. The number of ether oxygens (including phenoxy) is 2. The molecule has 0 saturated heterocycles. The van der Waals surface area contributed by atoms with Crippen LogP contribution in [0.5, 0.6) is 11.5 Å². The Balaban J connectivity index is 1.92. The van der Waals surface area contributed by atoms with Gasteiger partial charge in [0.05, 0.1) is 6.26 Å². The van der Waals surface area contributed by atoms with Crippen LogP contribution in [0.25, 0.3) is 0 Å². The Morgan fingerprint density at radius 3 is 2.14 bits per heavy atom. The number of para-hydroxylation sites is 2. The summed E-state index contributed by atoms with van der Waals surface area (Å²) in [5, 5.41) is 0. The molecule has 0 radical (unpaired) electrons. The molecule has 1 aliphatic rings. The van der Waals surface area contributed by atoms with Crippen LogP contribution < -0.4 is 9.47 Å². The van der Waals surface area contributed by atoms with E-state index in [2.05, 4.69) is 0 Å². The van der Waals surface area contributed by atoms with Gasteiger partial charge >= 0.3 is 0 Å². The van der Waals surface area contributed by atoms with Crippen LogP contribution in [0.15, 0.2) is 47.1 Å². The standard InChI is InChI=1S/C11H8O3/c1-2-5-9-8(4-1)13-11(14-9)10-6-3-7-12-10/h1-7,11H. The first-order valence-electron chi connectivity index (χ1n) is 4.39. The van der Waals surface area contributed by atoms with Crippen molar-refractivity contribution >= 4 is 0 Å². The van der Waals surface area contributed by atoms with E-state index in [0.717, 1.165) is 11.5 Å². The first-order chi connectivity index (χ1) is 6.93.